The number of aromatic nitrogens is 1. The molecule has 3 nitrogen and oxygen atoms in total. The summed E-state index contributed by atoms with van der Waals surface area (Å²) in [6.07, 6.45) is 8.37. The van der Waals surface area contributed by atoms with E-state index in [1.165, 1.54) is 45.1 Å². The number of nitrogens with zero attached hydrogens (tertiary/aromatic N) is 2. The number of likely N-dealkylation sites (tertiary alicyclic amines) is 1. The van der Waals surface area contributed by atoms with Gasteiger partial charge in [0.2, 0.25) is 5.89 Å². The van der Waals surface area contributed by atoms with Crippen LogP contribution in [0.2, 0.25) is 0 Å². The molecule has 1 aliphatic heterocycles. The number of para-hydroxylation sites is 2. The van der Waals surface area contributed by atoms with Crippen LogP contribution in [-0.4, -0.2) is 22.5 Å². The summed E-state index contributed by atoms with van der Waals surface area (Å²) < 4.78 is 5.90. The highest BCUT2D eigenvalue weighted by Crippen LogP contribution is 2.36. The lowest BCUT2D eigenvalue weighted by Gasteiger charge is -2.43. The second-order valence-corrected chi connectivity index (χ2v) is 6.30. The molecule has 0 N–H and O–H groups in total. The molecule has 0 amide bonds. The molecular formula is C17H22N2O. The molecule has 2 fully saturated rings. The van der Waals surface area contributed by atoms with Crippen LogP contribution in [0.4, 0.5) is 0 Å². The van der Waals surface area contributed by atoms with Crippen molar-refractivity contribution in [3.63, 3.8) is 0 Å². The number of hydrogen-bond acceptors (Lipinski definition) is 3. The van der Waals surface area contributed by atoms with Crippen LogP contribution in [-0.2, 0) is 6.54 Å². The molecule has 3 heteroatoms. The van der Waals surface area contributed by atoms with Gasteiger partial charge < -0.3 is 4.42 Å². The summed E-state index contributed by atoms with van der Waals surface area (Å²) >= 11 is 0. The third-order valence-corrected chi connectivity index (χ3v) is 5.03. The average Bonchev–Trinajstić information content (AvgIpc) is 2.90. The van der Waals surface area contributed by atoms with Crippen molar-refractivity contribution in [3.8, 4) is 0 Å². The molecule has 2 aliphatic rings. The van der Waals surface area contributed by atoms with E-state index in [0.717, 1.165) is 35.5 Å². The van der Waals surface area contributed by atoms with Gasteiger partial charge in [0.1, 0.15) is 5.52 Å². The lowest BCUT2D eigenvalue weighted by Crippen LogP contribution is -2.46. The van der Waals surface area contributed by atoms with Gasteiger partial charge in [-0.1, -0.05) is 25.0 Å². The van der Waals surface area contributed by atoms with Crippen LogP contribution in [0, 0.1) is 5.92 Å². The topological polar surface area (TPSA) is 29.3 Å². The van der Waals surface area contributed by atoms with Gasteiger partial charge in [0.15, 0.2) is 5.58 Å². The summed E-state index contributed by atoms with van der Waals surface area (Å²) in [5.74, 6) is 1.80. The molecule has 106 valence electrons. The fourth-order valence-electron chi connectivity index (χ4n) is 4.09. The maximum atomic E-state index is 5.90. The molecule has 0 bridgehead atoms. The van der Waals surface area contributed by atoms with E-state index in [2.05, 4.69) is 9.88 Å². The van der Waals surface area contributed by atoms with Crippen molar-refractivity contribution in [2.24, 2.45) is 5.92 Å². The van der Waals surface area contributed by atoms with E-state index in [-0.39, 0.29) is 0 Å². The van der Waals surface area contributed by atoms with Gasteiger partial charge in [-0.3, -0.25) is 4.90 Å². The van der Waals surface area contributed by atoms with Crippen molar-refractivity contribution in [2.45, 2.75) is 51.1 Å². The van der Waals surface area contributed by atoms with E-state index in [4.69, 9.17) is 4.42 Å². The summed E-state index contributed by atoms with van der Waals surface area (Å²) in [6.45, 7) is 2.09. The Morgan fingerprint density at radius 2 is 1.95 bits per heavy atom. The van der Waals surface area contributed by atoms with Gasteiger partial charge in [0, 0.05) is 6.04 Å². The largest absolute Gasteiger partial charge is 0.439 e. The van der Waals surface area contributed by atoms with E-state index in [9.17, 15) is 0 Å². The minimum atomic E-state index is 0.771. The van der Waals surface area contributed by atoms with E-state index < -0.39 is 0 Å². The van der Waals surface area contributed by atoms with E-state index in [0.29, 0.717) is 0 Å². The van der Waals surface area contributed by atoms with Crippen molar-refractivity contribution in [1.29, 1.82) is 0 Å². The van der Waals surface area contributed by atoms with E-state index >= 15 is 0 Å². The molecule has 1 aromatic heterocycles. The van der Waals surface area contributed by atoms with Crippen molar-refractivity contribution < 1.29 is 4.42 Å². The Hall–Kier alpha value is -1.35. The molecule has 2 heterocycles. The second-order valence-electron chi connectivity index (χ2n) is 6.30. The van der Waals surface area contributed by atoms with Gasteiger partial charge in [-0.25, -0.2) is 4.98 Å². The molecule has 2 atom stereocenters. The van der Waals surface area contributed by atoms with Gasteiger partial charge in [-0.2, -0.15) is 0 Å². The minimum Gasteiger partial charge on any atom is -0.439 e. The van der Waals surface area contributed by atoms with E-state index in [1.807, 2.05) is 24.3 Å². The number of oxazole rings is 1. The van der Waals surface area contributed by atoms with Crippen molar-refractivity contribution in [1.82, 2.24) is 9.88 Å². The van der Waals surface area contributed by atoms with Gasteiger partial charge in [-0.15, -0.1) is 0 Å². The summed E-state index contributed by atoms with van der Waals surface area (Å²) in [5.41, 5.74) is 1.90. The molecule has 1 saturated heterocycles. The second kappa shape index (κ2) is 5.21. The third-order valence-electron chi connectivity index (χ3n) is 5.03. The third kappa shape index (κ3) is 2.24. The predicted molar refractivity (Wildman–Crippen MR) is 79.4 cm³/mol. The lowest BCUT2D eigenvalue weighted by molar-refractivity contribution is 0.0486. The predicted octanol–water partition coefficient (Wildman–Crippen LogP) is 3.98. The zero-order valence-electron chi connectivity index (χ0n) is 11.9. The first-order valence-corrected chi connectivity index (χ1v) is 7.99. The summed E-state index contributed by atoms with van der Waals surface area (Å²) in [7, 11) is 0. The Kier molecular flexibility index (Phi) is 3.23. The number of piperidine rings is 1. The summed E-state index contributed by atoms with van der Waals surface area (Å²) in [5, 5.41) is 0. The number of fused-ring (bicyclic) bond motifs is 2. The molecule has 0 unspecified atom stereocenters. The zero-order valence-corrected chi connectivity index (χ0v) is 11.9. The highest BCUT2D eigenvalue weighted by Gasteiger charge is 2.33. The lowest BCUT2D eigenvalue weighted by atomic mass is 9.78. The first-order valence-electron chi connectivity index (χ1n) is 7.99. The molecule has 1 saturated carbocycles. The SMILES string of the molecule is c1ccc2oc(CN3CCC[C@H]4CCCC[C@@H]43)nc2c1. The standard InChI is InChI=1S/C17H22N2O/c1-3-9-15-13(6-1)7-5-11-19(15)12-17-18-14-8-2-4-10-16(14)20-17/h2,4,8,10,13,15H,1,3,5-7,9,11-12H2/t13-,15+/m1/s1. The smallest absolute Gasteiger partial charge is 0.209 e. The van der Waals surface area contributed by atoms with Crippen molar-refractivity contribution in [2.75, 3.05) is 6.54 Å². The number of rotatable bonds is 2. The van der Waals surface area contributed by atoms with E-state index in [1.54, 1.807) is 0 Å². The molecule has 4 rings (SSSR count). The van der Waals surface area contributed by atoms with Crippen LogP contribution in [0.3, 0.4) is 0 Å². The fourth-order valence-corrected chi connectivity index (χ4v) is 4.09. The first-order chi connectivity index (χ1) is 9.90. The van der Waals surface area contributed by atoms with Gasteiger partial charge in [0.05, 0.1) is 6.54 Å². The molecular weight excluding hydrogens is 248 g/mol. The highest BCUT2D eigenvalue weighted by atomic mass is 16.3. The van der Waals surface area contributed by atoms with Crippen LogP contribution in [0.5, 0.6) is 0 Å². The monoisotopic (exact) mass is 270 g/mol. The van der Waals surface area contributed by atoms with Gasteiger partial charge in [0.25, 0.3) is 0 Å². The fraction of sp³-hybridized carbons (Fsp3) is 0.588. The van der Waals surface area contributed by atoms with Crippen LogP contribution in [0.25, 0.3) is 11.1 Å². The van der Waals surface area contributed by atoms with Crippen LogP contribution >= 0.6 is 0 Å². The number of hydrogen-bond donors (Lipinski definition) is 0. The quantitative estimate of drug-likeness (QED) is 0.826. The molecule has 1 aliphatic carbocycles. The summed E-state index contributed by atoms with van der Waals surface area (Å²) in [6, 6.07) is 8.84. The number of benzene rings is 1. The van der Waals surface area contributed by atoms with Crippen molar-refractivity contribution >= 4 is 11.1 Å². The Bertz CT molecular complexity index is 556. The highest BCUT2D eigenvalue weighted by molar-refractivity contribution is 5.72. The maximum Gasteiger partial charge on any atom is 0.209 e. The molecule has 1 aromatic carbocycles. The molecule has 0 radical (unpaired) electrons. The van der Waals surface area contributed by atoms with Crippen LogP contribution < -0.4 is 0 Å². The Labute approximate surface area is 120 Å². The molecule has 2 aromatic rings. The Morgan fingerprint density at radius 1 is 1.10 bits per heavy atom. The minimum absolute atomic E-state index is 0.771. The van der Waals surface area contributed by atoms with Crippen LogP contribution in [0.1, 0.15) is 44.4 Å². The van der Waals surface area contributed by atoms with Gasteiger partial charge >= 0.3 is 0 Å². The normalized spacial score (nSPS) is 27.6. The van der Waals surface area contributed by atoms with Gasteiger partial charge in [-0.05, 0) is 50.3 Å². The van der Waals surface area contributed by atoms with Crippen molar-refractivity contribution in [3.05, 3.63) is 30.2 Å². The zero-order chi connectivity index (χ0) is 13.4. The molecule has 20 heavy (non-hydrogen) atoms. The average molecular weight is 270 g/mol. The first kappa shape index (κ1) is 12.4. The van der Waals surface area contributed by atoms with Crippen LogP contribution in [0.15, 0.2) is 28.7 Å². The Balaban J connectivity index is 1.54. The summed E-state index contributed by atoms with van der Waals surface area (Å²) in [4.78, 5) is 7.26. The Morgan fingerprint density at radius 3 is 2.90 bits per heavy atom. The molecule has 0 spiro atoms. The maximum absolute atomic E-state index is 5.90.